The number of halogens is 2. The third kappa shape index (κ3) is 43.8. The number of ether oxygens (including phenoxy) is 6. The fourth-order valence-corrected chi connectivity index (χ4v) is 16.1. The summed E-state index contributed by atoms with van der Waals surface area (Å²) in [7, 11) is -3.21. The number of rotatable bonds is 79. The summed E-state index contributed by atoms with van der Waals surface area (Å²) < 4.78 is 76.6. The van der Waals surface area contributed by atoms with Crippen molar-refractivity contribution < 1.29 is 46.5 Å². The van der Waals surface area contributed by atoms with Crippen molar-refractivity contribution in [3.05, 3.63) is 64.2 Å². The molecule has 0 aliphatic rings. The Bertz CT molecular complexity index is 2880. The molecule has 0 atom stereocenters. The number of aromatic nitrogens is 2. The zero-order chi connectivity index (χ0) is 80.5. The van der Waals surface area contributed by atoms with E-state index in [9.17, 15) is 0 Å². The normalized spacial score (nSPS) is 11.7. The molecule has 0 radical (unpaired) electrons. The Morgan fingerprint density at radius 3 is 0.714 bits per heavy atom. The summed E-state index contributed by atoms with van der Waals surface area (Å²) in [6.45, 7) is 24.6. The van der Waals surface area contributed by atoms with Crippen LogP contribution in [0.4, 0.5) is 8.63 Å². The summed E-state index contributed by atoms with van der Waals surface area (Å²) in [5.41, 5.74) is 6.66. The fraction of sp³-hybridized carbons (Fsp3) is 0.768. The van der Waals surface area contributed by atoms with E-state index >= 15 is 13.4 Å². The second-order valence-electron chi connectivity index (χ2n) is 33.3. The first kappa shape index (κ1) is 99.3. The van der Waals surface area contributed by atoms with Crippen LogP contribution in [-0.2, 0) is 4.65 Å². The van der Waals surface area contributed by atoms with Crippen molar-refractivity contribution >= 4 is 19.0 Å². The molecule has 2 N–H and O–H groups in total. The molecule has 0 bridgehead atoms. The van der Waals surface area contributed by atoms with Crippen LogP contribution in [0.15, 0.2) is 30.3 Å². The van der Waals surface area contributed by atoms with Gasteiger partial charge in [-0.05, 0) is 113 Å². The molecule has 0 saturated carbocycles. The third-order valence-electron chi connectivity index (χ3n) is 23.0. The predicted octanol–water partition coefficient (Wildman–Crippen LogP) is 32.9. The van der Waals surface area contributed by atoms with E-state index in [0.29, 0.717) is 91.0 Å². The lowest BCUT2D eigenvalue weighted by Gasteiger charge is -2.19. The Kier molecular flexibility index (Phi) is 59.4. The maximum absolute atomic E-state index is 15.1. The van der Waals surface area contributed by atoms with Gasteiger partial charge in [-0.3, -0.25) is 4.79 Å². The molecule has 2 heterocycles. The number of hydrogen-bond donors (Lipinski definition) is 2. The van der Waals surface area contributed by atoms with Gasteiger partial charge in [-0.1, -0.05) is 388 Å². The summed E-state index contributed by atoms with van der Waals surface area (Å²) in [6, 6.07) is 8.20. The second-order valence-corrected chi connectivity index (χ2v) is 33.3. The first-order valence-corrected chi connectivity index (χ1v) is 47.7. The Labute approximate surface area is 686 Å². The lowest BCUT2D eigenvalue weighted by Crippen LogP contribution is -2.08. The molecule has 0 fully saturated rings. The van der Waals surface area contributed by atoms with Gasteiger partial charge in [0.2, 0.25) is 17.3 Å². The minimum Gasteiger partial charge on any atom is -0.503 e. The minimum atomic E-state index is -3.21. The van der Waals surface area contributed by atoms with Gasteiger partial charge in [0.15, 0.2) is 23.0 Å². The predicted molar refractivity (Wildman–Crippen MR) is 477 cm³/mol. The van der Waals surface area contributed by atoms with E-state index in [0.717, 1.165) is 111 Å². The number of aromatic amines is 2. The number of benzene rings is 2. The fourth-order valence-electron chi connectivity index (χ4n) is 16.1. The summed E-state index contributed by atoms with van der Waals surface area (Å²) >= 11 is 0. The number of nitrogens with one attached hydrogen (secondary N) is 2. The van der Waals surface area contributed by atoms with Gasteiger partial charge in [-0.15, -0.1) is 0 Å². The zero-order valence-electron chi connectivity index (χ0n) is 74.2. The zero-order valence-corrected chi connectivity index (χ0v) is 74.2. The lowest BCUT2D eigenvalue weighted by atomic mass is 9.98. The van der Waals surface area contributed by atoms with E-state index in [1.54, 1.807) is 0 Å². The van der Waals surface area contributed by atoms with Crippen molar-refractivity contribution in [1.29, 1.82) is 0 Å². The molecule has 112 heavy (non-hydrogen) atoms. The average Bonchev–Trinajstić information content (AvgIpc) is 1.60. The molecule has 0 aliphatic carbocycles. The topological polar surface area (TPSA) is 113 Å². The largest absolute Gasteiger partial charge is 0.796 e. The van der Waals surface area contributed by atoms with E-state index < -0.39 is 13.3 Å². The molecular weight excluding hydrogens is 1390 g/mol. The number of allylic oxidation sites excluding steroid dienone is 1. The Hall–Kier alpha value is -5.07. The molecule has 0 saturated heterocycles. The van der Waals surface area contributed by atoms with E-state index in [2.05, 4.69) is 63.6 Å². The SMILES string of the molecule is CCCCCCCCCCCCOc1cc(-c2c(C)[nH]c(C(=O)/C=C(\OB(F)F)c3[nH]c(C)c(-c4cc(OCCCCCCCCCCCC)c(OCCCCCCCCCCCC)c(OCCCCCCCCCCCC)c4)c3C)c2C)cc(OCCCCCCCCCCCC)c1OCCCCCCCCCCCC. The van der Waals surface area contributed by atoms with Crippen LogP contribution in [-0.4, -0.2) is 62.9 Å². The number of carbonyl (C=O) groups is 1. The highest BCUT2D eigenvalue weighted by atomic mass is 19.2. The summed E-state index contributed by atoms with van der Waals surface area (Å²) in [6.07, 6.45) is 75.0. The van der Waals surface area contributed by atoms with E-state index in [-0.39, 0.29) is 11.5 Å². The maximum atomic E-state index is 15.1. The molecule has 4 aromatic rings. The van der Waals surface area contributed by atoms with Crippen LogP contribution in [0.5, 0.6) is 34.5 Å². The van der Waals surface area contributed by atoms with Gasteiger partial charge >= 0.3 is 7.47 Å². The van der Waals surface area contributed by atoms with Crippen molar-refractivity contribution in [1.82, 2.24) is 9.97 Å². The van der Waals surface area contributed by atoms with Crippen LogP contribution in [0, 0.1) is 27.7 Å². The summed E-state index contributed by atoms with van der Waals surface area (Å²) in [5.74, 6) is 3.04. The van der Waals surface area contributed by atoms with Crippen LogP contribution in [0.1, 0.15) is 465 Å². The maximum Gasteiger partial charge on any atom is 0.796 e. The number of ketones is 1. The number of H-pyrrole nitrogens is 2. The van der Waals surface area contributed by atoms with Gasteiger partial charge in [0.25, 0.3) is 0 Å². The van der Waals surface area contributed by atoms with E-state index in [1.165, 1.54) is 314 Å². The molecule has 0 amide bonds. The van der Waals surface area contributed by atoms with Crippen molar-refractivity contribution in [2.45, 2.75) is 454 Å². The first-order valence-electron chi connectivity index (χ1n) is 47.7. The van der Waals surface area contributed by atoms with Crippen LogP contribution >= 0.6 is 0 Å². The van der Waals surface area contributed by atoms with Gasteiger partial charge in [0, 0.05) is 28.6 Å². The molecule has 2 aromatic carbocycles. The van der Waals surface area contributed by atoms with Crippen LogP contribution < -0.4 is 28.4 Å². The quantitative estimate of drug-likeness (QED) is 0.0148. The van der Waals surface area contributed by atoms with Crippen LogP contribution in [0.3, 0.4) is 0 Å². The third-order valence-corrected chi connectivity index (χ3v) is 23.0. The standard InChI is InChI=1S/C99H169BF2N2O8/c1-11-17-23-29-35-41-47-53-59-65-71-106-90-77-86(78-91(107-72-66-60-54-48-42-36-30-24-18-12-2)98(90)110-75-69-63-57-51-45-39-33-27-21-15-5)94-82(7)96(103-84(94)9)88(105)81-89(112-100(101)102)97-83(8)95(85(10)104-97)87-79-92(108-73-67-61-55-49-43-37-31-25-19-13-3)99(111-76-70-64-58-52-46-40-34-28-22-16-6)93(80-87)109-74-68-62-56-50-44-38-32-26-20-14-4/h77-81,103-104H,11-76H2,1-10H3/b89-81-. The van der Waals surface area contributed by atoms with Gasteiger partial charge < -0.3 is 43.0 Å². The van der Waals surface area contributed by atoms with Crippen LogP contribution in [0.25, 0.3) is 28.0 Å². The summed E-state index contributed by atoms with van der Waals surface area (Å²) in [5, 5.41) is 0. The van der Waals surface area contributed by atoms with Gasteiger partial charge in [0.05, 0.1) is 51.0 Å². The Morgan fingerprint density at radius 2 is 0.491 bits per heavy atom. The number of carbonyl (C=O) groups excluding carboxylic acids is 1. The highest BCUT2D eigenvalue weighted by molar-refractivity contribution is 6.36. The monoisotopic (exact) mass is 1560 g/mol. The molecule has 0 aliphatic heterocycles. The number of unbranched alkanes of at least 4 members (excludes halogenated alkanes) is 54. The molecule has 0 unspecified atom stereocenters. The highest BCUT2D eigenvalue weighted by Crippen LogP contribution is 2.47. The molecule has 13 heteroatoms. The molecular formula is C99H169BF2N2O8. The molecule has 10 nitrogen and oxygen atoms in total. The van der Waals surface area contributed by atoms with Crippen molar-refractivity contribution in [2.24, 2.45) is 0 Å². The van der Waals surface area contributed by atoms with E-state index in [1.807, 2.05) is 39.8 Å². The van der Waals surface area contributed by atoms with Gasteiger partial charge in [-0.25, -0.2) is 8.63 Å². The minimum absolute atomic E-state index is 0.249. The second kappa shape index (κ2) is 67.0. The Morgan fingerprint density at radius 1 is 0.295 bits per heavy atom. The van der Waals surface area contributed by atoms with Crippen LogP contribution in [0.2, 0.25) is 0 Å². The number of aryl methyl sites for hydroxylation is 2. The first-order chi connectivity index (χ1) is 54.9. The molecule has 2 aromatic heterocycles. The molecule has 640 valence electrons. The molecule has 0 spiro atoms. The smallest absolute Gasteiger partial charge is 0.503 e. The van der Waals surface area contributed by atoms with Crippen molar-refractivity contribution in [3.8, 4) is 56.8 Å². The van der Waals surface area contributed by atoms with Crippen molar-refractivity contribution in [2.75, 3.05) is 39.6 Å². The van der Waals surface area contributed by atoms with Gasteiger partial charge in [0.1, 0.15) is 5.76 Å². The average molecular weight is 1560 g/mol. The number of hydrogen-bond acceptors (Lipinski definition) is 8. The molecule has 4 rings (SSSR count). The highest BCUT2D eigenvalue weighted by Gasteiger charge is 2.29. The van der Waals surface area contributed by atoms with Gasteiger partial charge in [-0.2, -0.15) is 0 Å². The van der Waals surface area contributed by atoms with E-state index in [4.69, 9.17) is 33.1 Å². The lowest BCUT2D eigenvalue weighted by molar-refractivity contribution is 0.104. The Balaban J connectivity index is 1.75. The summed E-state index contributed by atoms with van der Waals surface area (Å²) in [4.78, 5) is 22.0. The van der Waals surface area contributed by atoms with Crippen molar-refractivity contribution in [3.63, 3.8) is 0 Å².